The van der Waals surface area contributed by atoms with Crippen LogP contribution in [0.25, 0.3) is 32.2 Å². The molecule has 0 radical (unpaired) electrons. The molecule has 0 bridgehead atoms. The van der Waals surface area contributed by atoms with Crippen molar-refractivity contribution in [2.45, 2.75) is 0 Å². The fraction of sp³-hybridized carbons (Fsp3) is 0. The number of rotatable bonds is 3. The third kappa shape index (κ3) is 8.06. The van der Waals surface area contributed by atoms with Gasteiger partial charge in [0.2, 0.25) is 0 Å². The molecule has 12 heteroatoms. The van der Waals surface area contributed by atoms with Crippen molar-refractivity contribution in [2.75, 3.05) is 16.4 Å². The Morgan fingerprint density at radius 1 is 0.667 bits per heavy atom. The number of urea groups is 1. The second kappa shape index (κ2) is 14.7. The van der Waals surface area contributed by atoms with Crippen LogP contribution in [-0.2, 0) is 0 Å². The molecule has 6 rings (SSSR count). The van der Waals surface area contributed by atoms with Crippen LogP contribution in [0.1, 0.15) is 10.5 Å². The van der Waals surface area contributed by atoms with E-state index >= 15 is 0 Å². The van der Waals surface area contributed by atoms with Crippen molar-refractivity contribution in [3.8, 4) is 0 Å². The summed E-state index contributed by atoms with van der Waals surface area (Å²) >= 11 is 0. The fourth-order valence-electron chi connectivity index (χ4n) is 3.61. The number of hydrogen-bond donors (Lipinski definition) is 3. The minimum absolute atomic E-state index is 0.158. The summed E-state index contributed by atoms with van der Waals surface area (Å²) in [5, 5.41) is 10.3. The molecule has 0 saturated heterocycles. The zero-order chi connectivity index (χ0) is 29.6. The number of amides is 3. The predicted octanol–water partition coefficient (Wildman–Crippen LogP) is 6.62. The topological polar surface area (TPSA) is 185 Å². The van der Waals surface area contributed by atoms with E-state index in [-0.39, 0.29) is 11.7 Å². The maximum absolute atomic E-state index is 11.9. The highest BCUT2D eigenvalue weighted by Gasteiger charge is 2.06. The average Bonchev–Trinajstić information content (AvgIpc) is 3.03. The summed E-state index contributed by atoms with van der Waals surface area (Å²) < 4.78 is 0. The van der Waals surface area contributed by atoms with Crippen LogP contribution in [0.3, 0.4) is 0 Å². The maximum atomic E-state index is 11.9. The summed E-state index contributed by atoms with van der Waals surface area (Å²) in [5.74, 6) is -0.156. The Labute approximate surface area is 239 Å². The molecule has 4 aromatic heterocycles. The molecule has 0 aliphatic carbocycles. The van der Waals surface area contributed by atoms with Gasteiger partial charge in [0.25, 0.3) is 5.91 Å². The van der Waals surface area contributed by atoms with E-state index in [1.807, 2.05) is 60.7 Å². The number of aromatic nitrogens is 4. The Bertz CT molecular complexity index is 1830. The van der Waals surface area contributed by atoms with Crippen molar-refractivity contribution in [1.82, 2.24) is 19.9 Å². The maximum Gasteiger partial charge on any atom is 0.324 e. The first-order valence-electron chi connectivity index (χ1n) is 12.5. The summed E-state index contributed by atoms with van der Waals surface area (Å²) in [5.41, 5.74) is 17.1. The lowest BCUT2D eigenvalue weighted by Crippen LogP contribution is -2.20. The first kappa shape index (κ1) is 28.6. The predicted molar refractivity (Wildman–Crippen MR) is 162 cm³/mol. The lowest BCUT2D eigenvalue weighted by Gasteiger charge is -2.09. The molecule has 3 amide bonds. The number of nitrogens with zero attached hydrogens (tertiary/aromatic N) is 7. The molecule has 0 saturated carbocycles. The zero-order valence-electron chi connectivity index (χ0n) is 22.1. The van der Waals surface area contributed by atoms with Gasteiger partial charge < -0.3 is 11.1 Å². The quantitative estimate of drug-likeness (QED) is 0.124. The minimum Gasteiger partial charge on any atom is -0.398 e. The van der Waals surface area contributed by atoms with Crippen LogP contribution in [0.2, 0.25) is 0 Å². The van der Waals surface area contributed by atoms with Crippen LogP contribution in [0.5, 0.6) is 0 Å². The van der Waals surface area contributed by atoms with Crippen molar-refractivity contribution in [3.63, 3.8) is 0 Å². The highest BCUT2D eigenvalue weighted by molar-refractivity contribution is 6.05. The summed E-state index contributed by atoms with van der Waals surface area (Å²) in [6.45, 7) is 0. The molecule has 2 aromatic carbocycles. The molecule has 0 unspecified atom stereocenters. The molecule has 6 aromatic rings. The lowest BCUT2D eigenvalue weighted by atomic mass is 10.2. The second-order valence-corrected chi connectivity index (χ2v) is 8.30. The molecule has 4 heterocycles. The van der Waals surface area contributed by atoms with Gasteiger partial charge in [-0.05, 0) is 59.2 Å². The van der Waals surface area contributed by atoms with Crippen LogP contribution < -0.4 is 16.4 Å². The molecule has 4 N–H and O–H groups in total. The Balaban J connectivity index is 0.000000157. The Kier molecular flexibility index (Phi) is 10.00. The van der Waals surface area contributed by atoms with Gasteiger partial charge in [-0.3, -0.25) is 25.1 Å². The van der Waals surface area contributed by atoms with Gasteiger partial charge in [0.05, 0.1) is 16.7 Å². The van der Waals surface area contributed by atoms with E-state index in [2.05, 4.69) is 40.6 Å². The van der Waals surface area contributed by atoms with Gasteiger partial charge >= 0.3 is 6.03 Å². The third-order valence-electron chi connectivity index (χ3n) is 5.51. The number of carbonyl (C=O) groups is 2. The van der Waals surface area contributed by atoms with Crippen molar-refractivity contribution in [1.29, 1.82) is 0 Å². The van der Waals surface area contributed by atoms with E-state index in [1.165, 1.54) is 12.3 Å². The first-order valence-corrected chi connectivity index (χ1v) is 12.5. The summed E-state index contributed by atoms with van der Waals surface area (Å²) in [7, 11) is 0. The Morgan fingerprint density at radius 2 is 1.29 bits per heavy atom. The van der Waals surface area contributed by atoms with Crippen LogP contribution in [-0.4, -0.2) is 31.9 Å². The van der Waals surface area contributed by atoms with Crippen LogP contribution in [0.4, 0.5) is 22.0 Å². The van der Waals surface area contributed by atoms with E-state index in [0.717, 1.165) is 27.5 Å². The monoisotopic (exact) mass is 556 g/mol. The van der Waals surface area contributed by atoms with Crippen molar-refractivity contribution < 1.29 is 9.59 Å². The van der Waals surface area contributed by atoms with Crippen molar-refractivity contribution in [2.24, 2.45) is 5.11 Å². The number of para-hydroxylation sites is 2. The third-order valence-corrected chi connectivity index (χ3v) is 5.51. The van der Waals surface area contributed by atoms with E-state index < -0.39 is 5.91 Å². The van der Waals surface area contributed by atoms with Crippen molar-refractivity contribution in [3.05, 3.63) is 138 Å². The van der Waals surface area contributed by atoms with Gasteiger partial charge in [0, 0.05) is 46.2 Å². The minimum atomic E-state index is -0.659. The van der Waals surface area contributed by atoms with Gasteiger partial charge in [-0.2, -0.15) is 0 Å². The largest absolute Gasteiger partial charge is 0.398 e. The van der Waals surface area contributed by atoms with Crippen LogP contribution >= 0.6 is 0 Å². The number of nitrogens with two attached hydrogens (primary N) is 1. The summed E-state index contributed by atoms with van der Waals surface area (Å²) in [4.78, 5) is 41.2. The molecule has 0 aliphatic heterocycles. The molecular formula is C30H24N10O2. The first-order chi connectivity index (χ1) is 20.5. The second-order valence-electron chi connectivity index (χ2n) is 8.30. The molecule has 0 aliphatic rings. The van der Waals surface area contributed by atoms with E-state index in [0.29, 0.717) is 11.5 Å². The molecular weight excluding hydrogens is 532 g/mol. The zero-order valence-corrected chi connectivity index (χ0v) is 22.1. The molecule has 0 fully saturated rings. The Hall–Kier alpha value is -6.39. The van der Waals surface area contributed by atoms with Gasteiger partial charge in [-0.25, -0.2) is 9.78 Å². The Morgan fingerprint density at radius 3 is 1.93 bits per heavy atom. The van der Waals surface area contributed by atoms with E-state index in [1.54, 1.807) is 48.9 Å². The number of benzene rings is 2. The normalized spacial score (nSPS) is 9.71. The number of anilines is 3. The number of fused-ring (bicyclic) bond motifs is 2. The highest BCUT2D eigenvalue weighted by atomic mass is 16.2. The van der Waals surface area contributed by atoms with E-state index in [4.69, 9.17) is 11.3 Å². The highest BCUT2D eigenvalue weighted by Crippen LogP contribution is 2.21. The molecule has 206 valence electrons. The number of nitrogens with one attached hydrogen (secondary N) is 2. The average molecular weight is 557 g/mol. The number of pyridine rings is 4. The number of nitrogen functional groups attached to an aromatic ring is 1. The molecule has 42 heavy (non-hydrogen) atoms. The molecule has 0 spiro atoms. The summed E-state index contributed by atoms with van der Waals surface area (Å²) in [6, 6.07) is 28.8. The standard InChI is InChI=1S/C15H12N4O.C9H8N2.C6H4N4O/c20-15(19-14-7-3-4-9-17-14)18-13-8-10-16-12-6-2-1-5-11(12)13;10-8-5-6-11-9-4-2-1-3-7(8)9;7-10-9-6(11)5-3-1-2-4-8-5/h1-10H,(H2,16,17,18,19,20);1-6H,(H2,10,11);1-4H. The van der Waals surface area contributed by atoms with Crippen molar-refractivity contribution >= 4 is 50.9 Å². The lowest BCUT2D eigenvalue weighted by molar-refractivity contribution is 0.0995. The van der Waals surface area contributed by atoms with Gasteiger partial charge in [0.1, 0.15) is 11.5 Å². The molecule has 0 atom stereocenters. The van der Waals surface area contributed by atoms with E-state index in [9.17, 15) is 9.59 Å². The summed E-state index contributed by atoms with van der Waals surface area (Å²) in [6.07, 6.45) is 6.47. The number of carbonyl (C=O) groups excluding carboxylic acids is 2. The van der Waals surface area contributed by atoms with Gasteiger partial charge in [0.15, 0.2) is 0 Å². The van der Waals surface area contributed by atoms with Gasteiger partial charge in [-0.1, -0.05) is 48.5 Å². The molecule has 12 nitrogen and oxygen atoms in total. The smallest absolute Gasteiger partial charge is 0.324 e. The fourth-order valence-corrected chi connectivity index (χ4v) is 3.61. The SMILES string of the molecule is Nc1ccnc2ccccc12.O=C(Nc1ccccn1)Nc1ccnc2ccccc12.[N-]=[N+]=NC(=O)c1ccccn1. The van der Waals surface area contributed by atoms with Gasteiger partial charge in [-0.15, -0.1) is 0 Å². The number of azide groups is 1. The van der Waals surface area contributed by atoms with Crippen LogP contribution in [0.15, 0.2) is 127 Å². The van der Waals surface area contributed by atoms with Crippen LogP contribution in [0, 0.1) is 0 Å². The number of hydrogen-bond acceptors (Lipinski definition) is 7.